The summed E-state index contributed by atoms with van der Waals surface area (Å²) in [7, 11) is -3.34. The van der Waals surface area contributed by atoms with Crippen LogP contribution in [-0.4, -0.2) is 67.5 Å². The minimum Gasteiger partial charge on any atom is -0.362 e. The minimum atomic E-state index is -3.34. The van der Waals surface area contributed by atoms with Crippen molar-refractivity contribution in [3.05, 3.63) is 35.9 Å². The zero-order valence-electron chi connectivity index (χ0n) is 14.0. The predicted octanol–water partition coefficient (Wildman–Crippen LogP) is 0.409. The number of nitrogens with zero attached hydrogens (tertiary/aromatic N) is 2. The van der Waals surface area contributed by atoms with Gasteiger partial charge in [0.15, 0.2) is 0 Å². The van der Waals surface area contributed by atoms with E-state index in [-0.39, 0.29) is 36.8 Å². The summed E-state index contributed by atoms with van der Waals surface area (Å²) >= 11 is 0. The number of amides is 2. The average Bonchev–Trinajstić information content (AvgIpc) is 2.61. The molecule has 0 aliphatic carbocycles. The van der Waals surface area contributed by atoms with Crippen molar-refractivity contribution >= 4 is 21.8 Å². The highest BCUT2D eigenvalue weighted by molar-refractivity contribution is 7.89. The zero-order chi connectivity index (χ0) is 17.9. The van der Waals surface area contributed by atoms with Gasteiger partial charge in [0.25, 0.3) is 11.8 Å². The van der Waals surface area contributed by atoms with Gasteiger partial charge in [-0.2, -0.15) is 0 Å². The van der Waals surface area contributed by atoms with Gasteiger partial charge in [-0.1, -0.05) is 30.3 Å². The zero-order valence-corrected chi connectivity index (χ0v) is 14.8. The number of carbonyl (C=O) groups excluding carboxylic acids is 2. The van der Waals surface area contributed by atoms with Crippen LogP contribution in [0.1, 0.15) is 18.4 Å². The Bertz CT molecular complexity index is 711. The van der Waals surface area contributed by atoms with Gasteiger partial charge in [0, 0.05) is 19.1 Å². The molecule has 0 radical (unpaired) electrons. The van der Waals surface area contributed by atoms with E-state index in [1.807, 2.05) is 30.3 Å². The number of morpholine rings is 1. The monoisotopic (exact) mass is 366 g/mol. The van der Waals surface area contributed by atoms with Gasteiger partial charge in [0.1, 0.15) is 13.2 Å². The number of aryl methyl sites for hydroxylation is 1. The number of carbonyl (C=O) groups is 2. The van der Waals surface area contributed by atoms with Crippen molar-refractivity contribution in [1.29, 1.82) is 0 Å². The second kappa shape index (κ2) is 7.63. The lowest BCUT2D eigenvalue weighted by molar-refractivity contribution is -0.162. The van der Waals surface area contributed by atoms with Crippen LogP contribution < -0.4 is 0 Å². The molecule has 7 nitrogen and oxygen atoms in total. The van der Waals surface area contributed by atoms with E-state index in [4.69, 9.17) is 4.74 Å². The van der Waals surface area contributed by atoms with Crippen LogP contribution in [0.4, 0.5) is 0 Å². The summed E-state index contributed by atoms with van der Waals surface area (Å²) < 4.78 is 31.4. The lowest BCUT2D eigenvalue weighted by atomic mass is 10.0. The van der Waals surface area contributed by atoms with E-state index in [1.165, 1.54) is 9.21 Å². The maximum absolute atomic E-state index is 12.5. The summed E-state index contributed by atoms with van der Waals surface area (Å²) in [5, 5.41) is 0. The van der Waals surface area contributed by atoms with E-state index in [2.05, 4.69) is 0 Å². The van der Waals surface area contributed by atoms with Crippen molar-refractivity contribution in [3.63, 3.8) is 0 Å². The van der Waals surface area contributed by atoms with Gasteiger partial charge in [-0.3, -0.25) is 14.5 Å². The molecule has 0 saturated carbocycles. The summed E-state index contributed by atoms with van der Waals surface area (Å²) in [6, 6.07) is 9.28. The molecule has 1 aromatic carbocycles. The second-order valence-corrected chi connectivity index (χ2v) is 8.42. The number of benzene rings is 1. The van der Waals surface area contributed by atoms with E-state index in [1.54, 1.807) is 0 Å². The van der Waals surface area contributed by atoms with E-state index >= 15 is 0 Å². The number of rotatable bonds is 5. The van der Waals surface area contributed by atoms with Crippen LogP contribution in [0.25, 0.3) is 0 Å². The molecule has 2 fully saturated rings. The molecule has 136 valence electrons. The van der Waals surface area contributed by atoms with Gasteiger partial charge in [0.05, 0.1) is 5.75 Å². The predicted molar refractivity (Wildman–Crippen MR) is 91.2 cm³/mol. The van der Waals surface area contributed by atoms with Gasteiger partial charge >= 0.3 is 0 Å². The second-order valence-electron chi connectivity index (χ2n) is 6.33. The van der Waals surface area contributed by atoms with Crippen molar-refractivity contribution in [1.82, 2.24) is 9.21 Å². The molecule has 0 bridgehead atoms. The Morgan fingerprint density at radius 3 is 2.20 bits per heavy atom. The molecule has 3 rings (SSSR count). The smallest absolute Gasteiger partial charge is 0.255 e. The quantitative estimate of drug-likeness (QED) is 0.705. The van der Waals surface area contributed by atoms with Gasteiger partial charge in [-0.05, 0) is 24.8 Å². The summed E-state index contributed by atoms with van der Waals surface area (Å²) in [5.74, 6) is -0.597. The fourth-order valence-electron chi connectivity index (χ4n) is 3.31. The summed E-state index contributed by atoms with van der Waals surface area (Å²) in [4.78, 5) is 25.0. The molecule has 2 heterocycles. The number of hydrogen-bond donors (Lipinski definition) is 0. The van der Waals surface area contributed by atoms with Crippen molar-refractivity contribution in [2.75, 3.05) is 32.1 Å². The van der Waals surface area contributed by atoms with Crippen LogP contribution in [-0.2, 0) is 30.8 Å². The van der Waals surface area contributed by atoms with E-state index < -0.39 is 10.0 Å². The lowest BCUT2D eigenvalue weighted by Crippen LogP contribution is -2.55. The fourth-order valence-corrected chi connectivity index (χ4v) is 4.83. The summed E-state index contributed by atoms with van der Waals surface area (Å²) in [5.41, 5.74) is 0.991. The Morgan fingerprint density at radius 2 is 1.60 bits per heavy atom. The molecule has 2 amide bonds. The average molecular weight is 366 g/mol. The Morgan fingerprint density at radius 1 is 1.00 bits per heavy atom. The summed E-state index contributed by atoms with van der Waals surface area (Å²) in [6.45, 7) is 0.502. The molecule has 0 unspecified atom stereocenters. The topological polar surface area (TPSA) is 84.0 Å². The van der Waals surface area contributed by atoms with E-state index in [9.17, 15) is 18.0 Å². The first kappa shape index (κ1) is 18.0. The van der Waals surface area contributed by atoms with Crippen LogP contribution >= 0.6 is 0 Å². The van der Waals surface area contributed by atoms with Crippen molar-refractivity contribution in [2.24, 2.45) is 0 Å². The van der Waals surface area contributed by atoms with Gasteiger partial charge < -0.3 is 4.74 Å². The first-order chi connectivity index (χ1) is 12.0. The third-order valence-electron chi connectivity index (χ3n) is 4.66. The Kier molecular flexibility index (Phi) is 5.51. The Hall–Kier alpha value is -1.77. The SMILES string of the molecule is O=C1COCC(=O)N1C1CCN(S(=O)(=O)CCc2ccccc2)CC1. The standard InChI is InChI=1S/C17H22N2O5S/c20-16-12-24-13-17(21)19(16)15-6-9-18(10-7-15)25(22,23)11-8-14-4-2-1-3-5-14/h1-5,15H,6-13H2. The van der Waals surface area contributed by atoms with Crippen LogP contribution in [0.3, 0.4) is 0 Å². The van der Waals surface area contributed by atoms with E-state index in [0.717, 1.165) is 5.56 Å². The molecule has 0 aromatic heterocycles. The minimum absolute atomic E-state index is 0.0666. The Labute approximate surface area is 147 Å². The summed E-state index contributed by atoms with van der Waals surface area (Å²) in [6.07, 6.45) is 1.42. The highest BCUT2D eigenvalue weighted by Crippen LogP contribution is 2.21. The number of sulfonamides is 1. The Balaban J connectivity index is 1.56. The van der Waals surface area contributed by atoms with Crippen LogP contribution in [0.5, 0.6) is 0 Å². The fraction of sp³-hybridized carbons (Fsp3) is 0.529. The van der Waals surface area contributed by atoms with Crippen molar-refractivity contribution < 1.29 is 22.7 Å². The van der Waals surface area contributed by atoms with Crippen molar-refractivity contribution in [3.8, 4) is 0 Å². The van der Waals surface area contributed by atoms with E-state index in [0.29, 0.717) is 32.4 Å². The molecule has 0 atom stereocenters. The number of piperidine rings is 1. The third-order valence-corrected chi connectivity index (χ3v) is 6.53. The van der Waals surface area contributed by atoms with Crippen LogP contribution in [0, 0.1) is 0 Å². The lowest BCUT2D eigenvalue weighted by Gasteiger charge is -2.38. The van der Waals surface area contributed by atoms with Crippen molar-refractivity contribution in [2.45, 2.75) is 25.3 Å². The molecule has 8 heteroatoms. The molecular formula is C17H22N2O5S. The molecule has 0 spiro atoms. The first-order valence-electron chi connectivity index (χ1n) is 8.42. The largest absolute Gasteiger partial charge is 0.362 e. The third kappa shape index (κ3) is 4.26. The number of hydrogen-bond acceptors (Lipinski definition) is 5. The molecule has 2 aliphatic rings. The maximum atomic E-state index is 12.5. The molecule has 25 heavy (non-hydrogen) atoms. The maximum Gasteiger partial charge on any atom is 0.255 e. The van der Waals surface area contributed by atoms with Gasteiger partial charge in [0.2, 0.25) is 10.0 Å². The van der Waals surface area contributed by atoms with Gasteiger partial charge in [-0.25, -0.2) is 12.7 Å². The first-order valence-corrected chi connectivity index (χ1v) is 10.0. The molecule has 2 saturated heterocycles. The highest BCUT2D eigenvalue weighted by atomic mass is 32.2. The van der Waals surface area contributed by atoms with Crippen LogP contribution in [0.2, 0.25) is 0 Å². The molecule has 2 aliphatic heterocycles. The van der Waals surface area contributed by atoms with Crippen LogP contribution in [0.15, 0.2) is 30.3 Å². The number of imide groups is 1. The molecular weight excluding hydrogens is 344 g/mol. The normalized spacial score (nSPS) is 20.9. The molecule has 1 aromatic rings. The number of ether oxygens (including phenoxy) is 1. The van der Waals surface area contributed by atoms with Gasteiger partial charge in [-0.15, -0.1) is 0 Å². The molecule has 0 N–H and O–H groups in total. The highest BCUT2D eigenvalue weighted by Gasteiger charge is 2.37.